The summed E-state index contributed by atoms with van der Waals surface area (Å²) in [5, 5.41) is 0. The van der Waals surface area contributed by atoms with Crippen LogP contribution in [-0.2, 0) is 0 Å². The fraction of sp³-hybridized carbons (Fsp3) is 1.00. The number of nitrogens with two attached hydrogens (primary N) is 1. The molecule has 0 aliphatic heterocycles. The Hall–Kier alpha value is -0.0400. The maximum absolute atomic E-state index is 6.20. The summed E-state index contributed by atoms with van der Waals surface area (Å²) in [5.74, 6) is 3.58. The van der Waals surface area contributed by atoms with Crippen LogP contribution < -0.4 is 5.73 Å². The van der Waals surface area contributed by atoms with Gasteiger partial charge in [-0.3, -0.25) is 0 Å². The Kier molecular flexibility index (Phi) is 2.16. The van der Waals surface area contributed by atoms with Crippen LogP contribution in [0.1, 0.15) is 39.5 Å². The zero-order valence-electron chi connectivity index (χ0n) is 8.29. The molecule has 1 nitrogen and oxygen atoms in total. The van der Waals surface area contributed by atoms with Crippen LogP contribution >= 0.6 is 0 Å². The molecule has 2 aliphatic rings. The van der Waals surface area contributed by atoms with Gasteiger partial charge in [-0.15, -0.1) is 0 Å². The summed E-state index contributed by atoms with van der Waals surface area (Å²) in [6, 6.07) is 0.510. The van der Waals surface area contributed by atoms with Crippen LogP contribution in [0.3, 0.4) is 0 Å². The molecule has 0 spiro atoms. The van der Waals surface area contributed by atoms with Gasteiger partial charge in [0.25, 0.3) is 0 Å². The van der Waals surface area contributed by atoms with Gasteiger partial charge in [0.05, 0.1) is 0 Å². The van der Waals surface area contributed by atoms with Gasteiger partial charge >= 0.3 is 0 Å². The highest BCUT2D eigenvalue weighted by Gasteiger charge is 2.41. The highest BCUT2D eigenvalue weighted by Crippen LogP contribution is 2.47. The molecular formula is C11H21N. The first-order valence-electron chi connectivity index (χ1n) is 5.44. The summed E-state index contributed by atoms with van der Waals surface area (Å²) < 4.78 is 0. The molecule has 0 amide bonds. The van der Waals surface area contributed by atoms with E-state index in [0.29, 0.717) is 6.04 Å². The Labute approximate surface area is 75.7 Å². The van der Waals surface area contributed by atoms with Gasteiger partial charge in [-0.05, 0) is 42.9 Å². The van der Waals surface area contributed by atoms with E-state index < -0.39 is 0 Å². The van der Waals surface area contributed by atoms with Crippen molar-refractivity contribution in [1.29, 1.82) is 0 Å². The Morgan fingerprint density at radius 1 is 1.17 bits per heavy atom. The van der Waals surface area contributed by atoms with Crippen molar-refractivity contribution < 1.29 is 0 Å². The molecular weight excluding hydrogens is 146 g/mol. The first-order chi connectivity index (χ1) is 5.68. The molecule has 2 rings (SSSR count). The van der Waals surface area contributed by atoms with E-state index in [1.54, 1.807) is 0 Å². The van der Waals surface area contributed by atoms with E-state index in [4.69, 9.17) is 5.73 Å². The molecule has 0 aromatic rings. The van der Waals surface area contributed by atoms with Gasteiger partial charge in [-0.1, -0.05) is 20.3 Å². The minimum atomic E-state index is 0.510. The fourth-order valence-electron chi connectivity index (χ4n) is 3.61. The van der Waals surface area contributed by atoms with Crippen LogP contribution in [0, 0.1) is 23.7 Å². The molecule has 2 bridgehead atoms. The first-order valence-corrected chi connectivity index (χ1v) is 5.44. The first kappa shape index (κ1) is 8.55. The summed E-state index contributed by atoms with van der Waals surface area (Å²) in [6.07, 6.45) is 5.71. The maximum atomic E-state index is 6.20. The number of hydrogen-bond acceptors (Lipinski definition) is 1. The number of fused-ring (bicyclic) bond motifs is 2. The Morgan fingerprint density at radius 3 is 2.58 bits per heavy atom. The molecule has 0 radical (unpaired) electrons. The molecule has 2 N–H and O–H groups in total. The summed E-state index contributed by atoms with van der Waals surface area (Å²) >= 11 is 0. The van der Waals surface area contributed by atoms with E-state index in [-0.39, 0.29) is 0 Å². The van der Waals surface area contributed by atoms with Crippen LogP contribution in [0.4, 0.5) is 0 Å². The minimum absolute atomic E-state index is 0.510. The van der Waals surface area contributed by atoms with E-state index in [9.17, 15) is 0 Å². The molecule has 0 saturated heterocycles. The normalized spacial score (nSPS) is 47.0. The van der Waals surface area contributed by atoms with Gasteiger partial charge in [-0.25, -0.2) is 0 Å². The van der Waals surface area contributed by atoms with Crippen LogP contribution in [0.5, 0.6) is 0 Å². The van der Waals surface area contributed by atoms with E-state index in [1.807, 2.05) is 0 Å². The van der Waals surface area contributed by atoms with E-state index in [0.717, 1.165) is 23.7 Å². The molecule has 2 fully saturated rings. The second-order valence-corrected chi connectivity index (χ2v) is 5.16. The van der Waals surface area contributed by atoms with Gasteiger partial charge in [0.1, 0.15) is 0 Å². The van der Waals surface area contributed by atoms with Crippen molar-refractivity contribution in [3.8, 4) is 0 Å². The van der Waals surface area contributed by atoms with Gasteiger partial charge in [-0.2, -0.15) is 0 Å². The lowest BCUT2D eigenvalue weighted by atomic mass is 9.71. The lowest BCUT2D eigenvalue weighted by molar-refractivity contribution is 0.159. The molecule has 0 aromatic carbocycles. The topological polar surface area (TPSA) is 26.0 Å². The highest BCUT2D eigenvalue weighted by molar-refractivity contribution is 4.94. The maximum Gasteiger partial charge on any atom is 0.00748 e. The predicted molar refractivity (Wildman–Crippen MR) is 51.8 cm³/mol. The molecule has 1 heteroatoms. The summed E-state index contributed by atoms with van der Waals surface area (Å²) in [5.41, 5.74) is 6.20. The van der Waals surface area contributed by atoms with Crippen molar-refractivity contribution in [2.75, 3.05) is 0 Å². The Morgan fingerprint density at radius 2 is 1.92 bits per heavy atom. The van der Waals surface area contributed by atoms with Gasteiger partial charge in [0.2, 0.25) is 0 Å². The summed E-state index contributed by atoms with van der Waals surface area (Å²) in [7, 11) is 0. The minimum Gasteiger partial charge on any atom is -0.327 e. The molecule has 4 atom stereocenters. The van der Waals surface area contributed by atoms with Crippen molar-refractivity contribution in [3.63, 3.8) is 0 Å². The second-order valence-electron chi connectivity index (χ2n) is 5.16. The van der Waals surface area contributed by atoms with Crippen LogP contribution in [0.2, 0.25) is 0 Å². The predicted octanol–water partition coefficient (Wildman–Crippen LogP) is 2.41. The largest absolute Gasteiger partial charge is 0.327 e. The monoisotopic (exact) mass is 167 g/mol. The van der Waals surface area contributed by atoms with Crippen molar-refractivity contribution in [2.24, 2.45) is 29.4 Å². The van der Waals surface area contributed by atoms with Crippen LogP contribution in [0.25, 0.3) is 0 Å². The quantitative estimate of drug-likeness (QED) is 0.637. The zero-order chi connectivity index (χ0) is 8.72. The number of hydrogen-bond donors (Lipinski definition) is 1. The van der Waals surface area contributed by atoms with Gasteiger partial charge in [0, 0.05) is 6.04 Å². The summed E-state index contributed by atoms with van der Waals surface area (Å²) in [6.45, 7) is 4.67. The second kappa shape index (κ2) is 3.02. The third-order valence-corrected chi connectivity index (χ3v) is 4.00. The smallest absolute Gasteiger partial charge is 0.00748 e. The van der Waals surface area contributed by atoms with Gasteiger partial charge < -0.3 is 5.73 Å². The van der Waals surface area contributed by atoms with Crippen molar-refractivity contribution >= 4 is 0 Å². The molecule has 70 valence electrons. The van der Waals surface area contributed by atoms with E-state index in [1.165, 1.54) is 25.7 Å². The number of rotatable bonds is 1. The molecule has 0 aromatic heterocycles. The van der Waals surface area contributed by atoms with E-state index in [2.05, 4.69) is 13.8 Å². The lowest BCUT2D eigenvalue weighted by Gasteiger charge is -2.37. The van der Waals surface area contributed by atoms with Crippen LogP contribution in [-0.4, -0.2) is 6.04 Å². The average molecular weight is 167 g/mol. The van der Waals surface area contributed by atoms with E-state index >= 15 is 0 Å². The van der Waals surface area contributed by atoms with Crippen LogP contribution in [0.15, 0.2) is 0 Å². The average Bonchev–Trinajstić information content (AvgIpc) is 2.31. The molecule has 12 heavy (non-hydrogen) atoms. The van der Waals surface area contributed by atoms with Crippen molar-refractivity contribution in [3.05, 3.63) is 0 Å². The molecule has 2 aliphatic carbocycles. The highest BCUT2D eigenvalue weighted by atomic mass is 14.7. The standard InChI is InChI=1S/C11H21N/c1-7(2)11-9-4-3-8(5-9)6-10(11)12/h7-11H,3-6,12H2,1-2H3/t8-,9+,10-,11?/m1/s1. The Bertz CT molecular complexity index is 164. The third kappa shape index (κ3) is 1.28. The lowest BCUT2D eigenvalue weighted by Crippen LogP contribution is -2.41. The molecule has 0 heterocycles. The SMILES string of the molecule is CC(C)C1[C@H]2CC[C@H](C2)C[C@H]1N. The Balaban J connectivity index is 2.10. The van der Waals surface area contributed by atoms with Gasteiger partial charge in [0.15, 0.2) is 0 Å². The molecule has 2 saturated carbocycles. The van der Waals surface area contributed by atoms with Crippen molar-refractivity contribution in [2.45, 2.75) is 45.6 Å². The van der Waals surface area contributed by atoms with Crippen molar-refractivity contribution in [1.82, 2.24) is 0 Å². The third-order valence-electron chi connectivity index (χ3n) is 4.00. The zero-order valence-corrected chi connectivity index (χ0v) is 8.29. The fourth-order valence-corrected chi connectivity index (χ4v) is 3.61. The molecule has 1 unspecified atom stereocenters. The summed E-state index contributed by atoms with van der Waals surface area (Å²) in [4.78, 5) is 0.